The van der Waals surface area contributed by atoms with Crippen LogP contribution in [-0.2, 0) is 4.74 Å². The zero-order valence-corrected chi connectivity index (χ0v) is 13.6. The lowest BCUT2D eigenvalue weighted by atomic mass is 10.1. The first-order valence-corrected chi connectivity index (χ1v) is 7.69. The minimum Gasteiger partial charge on any atom is -0.496 e. The molecule has 1 aromatic heterocycles. The van der Waals surface area contributed by atoms with Gasteiger partial charge in [0.05, 0.1) is 14.2 Å². The summed E-state index contributed by atoms with van der Waals surface area (Å²) in [5.41, 5.74) is 1.42. The van der Waals surface area contributed by atoms with Crippen LogP contribution in [0.2, 0.25) is 0 Å². The van der Waals surface area contributed by atoms with E-state index in [9.17, 15) is 4.79 Å². The number of carbonyl (C=O) groups excluding carboxylic acids is 1. The van der Waals surface area contributed by atoms with Crippen molar-refractivity contribution in [1.82, 2.24) is 5.32 Å². The second-order valence-corrected chi connectivity index (χ2v) is 5.31. The molecule has 22 heavy (non-hydrogen) atoms. The third-order valence-corrected chi connectivity index (χ3v) is 4.00. The number of benzene rings is 1. The summed E-state index contributed by atoms with van der Waals surface area (Å²) >= 11 is 1.59. The van der Waals surface area contributed by atoms with Gasteiger partial charge in [0.15, 0.2) is 0 Å². The zero-order valence-electron chi connectivity index (χ0n) is 12.8. The average Bonchev–Trinajstić information content (AvgIpc) is 3.08. The molecule has 0 spiro atoms. The number of hydrogen-bond donors (Lipinski definition) is 1. The molecule has 1 heterocycles. The van der Waals surface area contributed by atoms with Crippen molar-refractivity contribution >= 4 is 17.2 Å². The Hall–Kier alpha value is -2.05. The fourth-order valence-corrected chi connectivity index (χ4v) is 2.85. The zero-order chi connectivity index (χ0) is 15.9. The van der Waals surface area contributed by atoms with Crippen LogP contribution in [0, 0.1) is 0 Å². The van der Waals surface area contributed by atoms with Crippen molar-refractivity contribution in [3.05, 3.63) is 46.2 Å². The fourth-order valence-electron chi connectivity index (χ4n) is 2.14. The lowest BCUT2D eigenvalue weighted by Gasteiger charge is -2.17. The van der Waals surface area contributed by atoms with E-state index in [1.54, 1.807) is 36.6 Å². The highest BCUT2D eigenvalue weighted by Gasteiger charge is 2.19. The molecule has 2 aromatic rings. The van der Waals surface area contributed by atoms with Gasteiger partial charge in [0, 0.05) is 13.7 Å². The molecule has 0 fully saturated rings. The summed E-state index contributed by atoms with van der Waals surface area (Å²) in [6.07, 6.45) is -0.184. The van der Waals surface area contributed by atoms with Gasteiger partial charge < -0.3 is 19.5 Å². The van der Waals surface area contributed by atoms with Crippen molar-refractivity contribution in [3.8, 4) is 11.5 Å². The van der Waals surface area contributed by atoms with Crippen LogP contribution in [0.25, 0.3) is 0 Å². The molecule has 1 amide bonds. The van der Waals surface area contributed by atoms with Crippen molar-refractivity contribution in [1.29, 1.82) is 0 Å². The second-order valence-electron chi connectivity index (χ2n) is 4.53. The molecular formula is C16H19NO4S. The highest BCUT2D eigenvalue weighted by Crippen LogP contribution is 2.28. The second kappa shape index (κ2) is 7.82. The SMILES string of the molecule is COc1cccc(OC)c1C(=O)NCC(OC)c1ccsc1. The summed E-state index contributed by atoms with van der Waals surface area (Å²) in [6.45, 7) is 0.368. The number of hydrogen-bond acceptors (Lipinski definition) is 5. The van der Waals surface area contributed by atoms with Crippen LogP contribution in [0.4, 0.5) is 0 Å². The smallest absolute Gasteiger partial charge is 0.258 e. The van der Waals surface area contributed by atoms with Crippen LogP contribution >= 0.6 is 11.3 Å². The van der Waals surface area contributed by atoms with Gasteiger partial charge in [-0.2, -0.15) is 11.3 Å². The van der Waals surface area contributed by atoms with E-state index in [2.05, 4.69) is 5.32 Å². The van der Waals surface area contributed by atoms with E-state index in [0.717, 1.165) is 5.56 Å². The summed E-state index contributed by atoms with van der Waals surface area (Å²) in [5, 5.41) is 6.85. The molecule has 0 aliphatic heterocycles. The van der Waals surface area contributed by atoms with Crippen LogP contribution in [0.5, 0.6) is 11.5 Å². The standard InChI is InChI=1S/C16H19NO4S/c1-19-12-5-4-6-13(20-2)15(12)16(18)17-9-14(21-3)11-7-8-22-10-11/h4-8,10,14H,9H2,1-3H3,(H,17,18). The molecule has 1 unspecified atom stereocenters. The molecule has 1 aromatic carbocycles. The van der Waals surface area contributed by atoms with Crippen LogP contribution in [-0.4, -0.2) is 33.8 Å². The molecule has 0 radical (unpaired) electrons. The predicted molar refractivity (Wildman–Crippen MR) is 85.9 cm³/mol. The number of rotatable bonds is 7. The normalized spacial score (nSPS) is 11.8. The number of amides is 1. The Balaban J connectivity index is 2.12. The summed E-state index contributed by atoms with van der Waals surface area (Å²) in [7, 11) is 4.67. The van der Waals surface area contributed by atoms with E-state index >= 15 is 0 Å². The van der Waals surface area contributed by atoms with E-state index in [1.165, 1.54) is 14.2 Å². The van der Waals surface area contributed by atoms with Gasteiger partial charge in [0.25, 0.3) is 5.91 Å². The third-order valence-electron chi connectivity index (χ3n) is 3.30. The van der Waals surface area contributed by atoms with Crippen LogP contribution in [0.3, 0.4) is 0 Å². The van der Waals surface area contributed by atoms with E-state index < -0.39 is 0 Å². The molecule has 0 saturated heterocycles. The van der Waals surface area contributed by atoms with E-state index in [-0.39, 0.29) is 12.0 Å². The molecule has 1 atom stereocenters. The molecule has 118 valence electrons. The quantitative estimate of drug-likeness (QED) is 0.852. The predicted octanol–water partition coefficient (Wildman–Crippen LogP) is 2.88. The molecule has 5 nitrogen and oxygen atoms in total. The Bertz CT molecular complexity index is 590. The van der Waals surface area contributed by atoms with Crippen molar-refractivity contribution in [3.63, 3.8) is 0 Å². The molecule has 6 heteroatoms. The molecule has 0 saturated carbocycles. The highest BCUT2D eigenvalue weighted by molar-refractivity contribution is 7.07. The third kappa shape index (κ3) is 3.58. The van der Waals surface area contributed by atoms with E-state index in [4.69, 9.17) is 14.2 Å². The summed E-state index contributed by atoms with van der Waals surface area (Å²) in [6, 6.07) is 7.21. The number of methoxy groups -OCH3 is 3. The Labute approximate surface area is 133 Å². The van der Waals surface area contributed by atoms with E-state index in [1.807, 2.05) is 16.8 Å². The summed E-state index contributed by atoms with van der Waals surface area (Å²) in [5.74, 6) is 0.689. The topological polar surface area (TPSA) is 56.8 Å². The molecule has 2 rings (SSSR count). The number of ether oxygens (including phenoxy) is 3. The lowest BCUT2D eigenvalue weighted by Crippen LogP contribution is -2.29. The van der Waals surface area contributed by atoms with Crippen LogP contribution in [0.15, 0.2) is 35.0 Å². The number of nitrogens with one attached hydrogen (secondary N) is 1. The minimum atomic E-state index is -0.258. The number of thiophene rings is 1. The molecule has 0 aliphatic rings. The Morgan fingerprint density at radius 1 is 1.18 bits per heavy atom. The van der Waals surface area contributed by atoms with Crippen molar-refractivity contribution in [2.24, 2.45) is 0 Å². The van der Waals surface area contributed by atoms with Crippen LogP contribution < -0.4 is 14.8 Å². The van der Waals surface area contributed by atoms with Gasteiger partial charge >= 0.3 is 0 Å². The first-order chi connectivity index (χ1) is 10.7. The first-order valence-electron chi connectivity index (χ1n) is 6.75. The monoisotopic (exact) mass is 321 g/mol. The maximum absolute atomic E-state index is 12.5. The Morgan fingerprint density at radius 2 is 1.86 bits per heavy atom. The van der Waals surface area contributed by atoms with Crippen LogP contribution in [0.1, 0.15) is 22.0 Å². The van der Waals surface area contributed by atoms with Gasteiger partial charge in [-0.3, -0.25) is 4.79 Å². The van der Waals surface area contributed by atoms with Gasteiger partial charge in [0.2, 0.25) is 0 Å². The Morgan fingerprint density at radius 3 is 2.36 bits per heavy atom. The van der Waals surface area contributed by atoms with Gasteiger partial charge in [0.1, 0.15) is 23.2 Å². The first kappa shape index (κ1) is 16.3. The lowest BCUT2D eigenvalue weighted by molar-refractivity contribution is 0.0824. The summed E-state index contributed by atoms with van der Waals surface area (Å²) in [4.78, 5) is 12.5. The number of carbonyl (C=O) groups is 1. The average molecular weight is 321 g/mol. The largest absolute Gasteiger partial charge is 0.496 e. The van der Waals surface area contributed by atoms with Crippen molar-refractivity contribution in [2.75, 3.05) is 27.9 Å². The van der Waals surface area contributed by atoms with Crippen molar-refractivity contribution < 1.29 is 19.0 Å². The van der Waals surface area contributed by atoms with Gasteiger partial charge in [-0.1, -0.05) is 6.07 Å². The van der Waals surface area contributed by atoms with E-state index in [0.29, 0.717) is 23.6 Å². The molecular weight excluding hydrogens is 302 g/mol. The highest BCUT2D eigenvalue weighted by atomic mass is 32.1. The Kier molecular flexibility index (Phi) is 5.80. The maximum Gasteiger partial charge on any atom is 0.258 e. The van der Waals surface area contributed by atoms with Crippen molar-refractivity contribution in [2.45, 2.75) is 6.10 Å². The van der Waals surface area contributed by atoms with Gasteiger partial charge in [-0.15, -0.1) is 0 Å². The maximum atomic E-state index is 12.5. The van der Waals surface area contributed by atoms with Gasteiger partial charge in [-0.25, -0.2) is 0 Å². The fraction of sp³-hybridized carbons (Fsp3) is 0.312. The minimum absolute atomic E-state index is 0.184. The van der Waals surface area contributed by atoms with Gasteiger partial charge in [-0.05, 0) is 34.5 Å². The molecule has 0 bridgehead atoms. The molecule has 0 aliphatic carbocycles. The summed E-state index contributed by atoms with van der Waals surface area (Å²) < 4.78 is 15.9. The molecule has 1 N–H and O–H groups in total.